The van der Waals surface area contributed by atoms with Gasteiger partial charge in [0.25, 0.3) is 11.8 Å². The number of carbonyl (C=O) groups excluding carboxylic acids is 2. The lowest BCUT2D eigenvalue weighted by atomic mass is 9.89. The van der Waals surface area contributed by atoms with E-state index in [-0.39, 0.29) is 23.6 Å². The van der Waals surface area contributed by atoms with E-state index in [4.69, 9.17) is 4.74 Å². The highest BCUT2D eigenvalue weighted by Gasteiger charge is 2.34. The smallest absolute Gasteiger partial charge is 0.268 e. The van der Waals surface area contributed by atoms with Gasteiger partial charge >= 0.3 is 0 Å². The minimum atomic E-state index is -0.422. The maximum atomic E-state index is 13.4. The van der Waals surface area contributed by atoms with Crippen molar-refractivity contribution in [3.05, 3.63) is 93.3 Å². The SMILES string of the molecule is Cc1cccc(C(=O)N/C(=C\c2cccs2)C(=O)NC2CC(C)(C)Oc3ccccc32)c1. The van der Waals surface area contributed by atoms with Crippen molar-refractivity contribution in [3.8, 4) is 5.75 Å². The van der Waals surface area contributed by atoms with Crippen LogP contribution in [0.5, 0.6) is 5.75 Å². The van der Waals surface area contributed by atoms with Crippen molar-refractivity contribution in [2.75, 3.05) is 0 Å². The maximum Gasteiger partial charge on any atom is 0.268 e. The lowest BCUT2D eigenvalue weighted by molar-refractivity contribution is -0.119. The Labute approximate surface area is 192 Å². The van der Waals surface area contributed by atoms with Crippen molar-refractivity contribution in [1.29, 1.82) is 0 Å². The topological polar surface area (TPSA) is 67.4 Å². The van der Waals surface area contributed by atoms with Crippen LogP contribution in [0.25, 0.3) is 6.08 Å². The highest BCUT2D eigenvalue weighted by molar-refractivity contribution is 7.10. The molecular weight excluding hydrogens is 420 g/mol. The number of para-hydroxylation sites is 1. The number of hydrogen-bond acceptors (Lipinski definition) is 4. The molecule has 1 aliphatic rings. The summed E-state index contributed by atoms with van der Waals surface area (Å²) in [6, 6.07) is 18.6. The lowest BCUT2D eigenvalue weighted by Gasteiger charge is -2.38. The molecule has 0 spiro atoms. The number of thiophene rings is 1. The van der Waals surface area contributed by atoms with E-state index in [0.29, 0.717) is 12.0 Å². The van der Waals surface area contributed by atoms with Gasteiger partial charge in [0.05, 0.1) is 6.04 Å². The average Bonchev–Trinajstić information content (AvgIpc) is 3.25. The Balaban J connectivity index is 1.61. The van der Waals surface area contributed by atoms with Gasteiger partial charge in [-0.05, 0) is 56.5 Å². The van der Waals surface area contributed by atoms with Crippen molar-refractivity contribution in [2.24, 2.45) is 0 Å². The Kier molecular flexibility index (Phi) is 6.15. The van der Waals surface area contributed by atoms with Crippen LogP contribution in [0.3, 0.4) is 0 Å². The molecule has 2 aromatic carbocycles. The summed E-state index contributed by atoms with van der Waals surface area (Å²) in [5.74, 6) is 0.109. The largest absolute Gasteiger partial charge is 0.487 e. The van der Waals surface area contributed by atoms with Crippen LogP contribution in [-0.4, -0.2) is 17.4 Å². The molecule has 4 rings (SSSR count). The molecule has 3 aromatic rings. The molecule has 6 heteroatoms. The third kappa shape index (κ3) is 5.08. The molecule has 32 heavy (non-hydrogen) atoms. The number of nitrogens with one attached hydrogen (secondary N) is 2. The number of carbonyl (C=O) groups is 2. The van der Waals surface area contributed by atoms with Crippen LogP contribution in [0.1, 0.15) is 52.7 Å². The van der Waals surface area contributed by atoms with Gasteiger partial charge in [0, 0.05) is 22.4 Å². The Bertz CT molecular complexity index is 1170. The first-order valence-electron chi connectivity index (χ1n) is 10.5. The first kappa shape index (κ1) is 21.8. The van der Waals surface area contributed by atoms with Crippen LogP contribution >= 0.6 is 11.3 Å². The van der Waals surface area contributed by atoms with Gasteiger partial charge in [-0.1, -0.05) is 42.0 Å². The molecule has 1 atom stereocenters. The van der Waals surface area contributed by atoms with Crippen molar-refractivity contribution in [1.82, 2.24) is 10.6 Å². The van der Waals surface area contributed by atoms with Gasteiger partial charge in [0.1, 0.15) is 17.0 Å². The number of amides is 2. The highest BCUT2D eigenvalue weighted by atomic mass is 32.1. The lowest BCUT2D eigenvalue weighted by Crippen LogP contribution is -2.43. The van der Waals surface area contributed by atoms with Gasteiger partial charge in [0.2, 0.25) is 0 Å². The summed E-state index contributed by atoms with van der Waals surface area (Å²) < 4.78 is 6.08. The van der Waals surface area contributed by atoms with Crippen LogP contribution in [0, 0.1) is 6.92 Å². The Hall–Kier alpha value is -3.38. The Morgan fingerprint density at radius 2 is 1.91 bits per heavy atom. The number of aryl methyl sites for hydroxylation is 1. The summed E-state index contributed by atoms with van der Waals surface area (Å²) in [4.78, 5) is 27.1. The highest BCUT2D eigenvalue weighted by Crippen LogP contribution is 2.39. The molecule has 1 aliphatic heterocycles. The monoisotopic (exact) mass is 446 g/mol. The van der Waals surface area contributed by atoms with Crippen LogP contribution in [-0.2, 0) is 4.79 Å². The second kappa shape index (κ2) is 9.01. The molecule has 0 bridgehead atoms. The number of fused-ring (bicyclic) bond motifs is 1. The number of benzene rings is 2. The first-order chi connectivity index (χ1) is 15.3. The standard InChI is InChI=1S/C26H26N2O3S/c1-17-8-6-9-18(14-17)24(29)27-21(15-19-10-7-13-32-19)25(30)28-22-16-26(2,3)31-23-12-5-4-11-20(22)23/h4-15,22H,16H2,1-3H3,(H,27,29)(H,28,30)/b21-15-. The van der Waals surface area contributed by atoms with E-state index < -0.39 is 5.60 Å². The zero-order valence-corrected chi connectivity index (χ0v) is 19.2. The van der Waals surface area contributed by atoms with E-state index in [0.717, 1.165) is 21.8 Å². The summed E-state index contributed by atoms with van der Waals surface area (Å²) in [6.07, 6.45) is 2.33. The molecule has 2 heterocycles. The number of ether oxygens (including phenoxy) is 1. The minimum Gasteiger partial charge on any atom is -0.487 e. The number of hydrogen-bond donors (Lipinski definition) is 2. The summed E-state index contributed by atoms with van der Waals surface area (Å²) in [5, 5.41) is 7.86. The van der Waals surface area contributed by atoms with Crippen LogP contribution < -0.4 is 15.4 Å². The normalized spacial score (nSPS) is 17.1. The van der Waals surface area contributed by atoms with Crippen LogP contribution in [0.2, 0.25) is 0 Å². The Morgan fingerprint density at radius 1 is 1.09 bits per heavy atom. The number of rotatable bonds is 5. The molecule has 1 unspecified atom stereocenters. The molecule has 5 nitrogen and oxygen atoms in total. The molecule has 0 saturated carbocycles. The summed E-state index contributed by atoms with van der Waals surface area (Å²) in [7, 11) is 0. The predicted octanol–water partition coefficient (Wildman–Crippen LogP) is 5.25. The van der Waals surface area contributed by atoms with Crippen LogP contribution in [0.15, 0.2) is 71.7 Å². The average molecular weight is 447 g/mol. The van der Waals surface area contributed by atoms with Gasteiger partial charge in [-0.25, -0.2) is 0 Å². The quantitative estimate of drug-likeness (QED) is 0.526. The van der Waals surface area contributed by atoms with E-state index in [1.54, 1.807) is 18.2 Å². The predicted molar refractivity (Wildman–Crippen MR) is 128 cm³/mol. The van der Waals surface area contributed by atoms with E-state index in [2.05, 4.69) is 10.6 Å². The Morgan fingerprint density at radius 3 is 2.66 bits per heavy atom. The van der Waals surface area contributed by atoms with Gasteiger partial charge in [-0.3, -0.25) is 9.59 Å². The molecule has 2 N–H and O–H groups in total. The molecular formula is C26H26N2O3S. The van der Waals surface area contributed by atoms with Gasteiger partial charge in [-0.2, -0.15) is 0 Å². The van der Waals surface area contributed by atoms with Gasteiger partial charge < -0.3 is 15.4 Å². The summed E-state index contributed by atoms with van der Waals surface area (Å²) >= 11 is 1.50. The maximum absolute atomic E-state index is 13.4. The molecule has 0 radical (unpaired) electrons. The van der Waals surface area contributed by atoms with E-state index in [1.165, 1.54) is 11.3 Å². The molecule has 164 valence electrons. The fraction of sp³-hybridized carbons (Fsp3) is 0.231. The van der Waals surface area contributed by atoms with Crippen molar-refractivity contribution >= 4 is 29.2 Å². The third-order valence-electron chi connectivity index (χ3n) is 5.28. The zero-order chi connectivity index (χ0) is 22.7. The van der Waals surface area contributed by atoms with Crippen LogP contribution in [0.4, 0.5) is 0 Å². The summed E-state index contributed by atoms with van der Waals surface area (Å²) in [6.45, 7) is 5.93. The molecule has 0 fully saturated rings. The molecule has 0 aliphatic carbocycles. The third-order valence-corrected chi connectivity index (χ3v) is 6.10. The van der Waals surface area contributed by atoms with E-state index in [1.807, 2.05) is 74.7 Å². The first-order valence-corrected chi connectivity index (χ1v) is 11.4. The van der Waals surface area contributed by atoms with E-state index in [9.17, 15) is 9.59 Å². The fourth-order valence-corrected chi connectivity index (χ4v) is 4.48. The van der Waals surface area contributed by atoms with Crippen molar-refractivity contribution in [3.63, 3.8) is 0 Å². The zero-order valence-electron chi connectivity index (χ0n) is 18.3. The summed E-state index contributed by atoms with van der Waals surface area (Å²) in [5.41, 5.74) is 2.20. The van der Waals surface area contributed by atoms with Crippen molar-refractivity contribution in [2.45, 2.75) is 38.8 Å². The van der Waals surface area contributed by atoms with Gasteiger partial charge in [-0.15, -0.1) is 11.3 Å². The van der Waals surface area contributed by atoms with Crippen molar-refractivity contribution < 1.29 is 14.3 Å². The molecule has 0 saturated heterocycles. The second-order valence-corrected chi connectivity index (χ2v) is 9.51. The molecule has 2 amide bonds. The van der Waals surface area contributed by atoms with E-state index >= 15 is 0 Å². The molecule has 1 aromatic heterocycles. The fourth-order valence-electron chi connectivity index (χ4n) is 3.82. The van der Waals surface area contributed by atoms with Gasteiger partial charge in [0.15, 0.2) is 0 Å². The minimum absolute atomic E-state index is 0.209. The second-order valence-electron chi connectivity index (χ2n) is 8.53.